The van der Waals surface area contributed by atoms with Crippen molar-refractivity contribution in [3.05, 3.63) is 22.4 Å². The summed E-state index contributed by atoms with van der Waals surface area (Å²) in [6.45, 7) is 7.64. The predicted molar refractivity (Wildman–Crippen MR) is 92.7 cm³/mol. The van der Waals surface area contributed by atoms with Crippen LogP contribution in [0.1, 0.15) is 51.7 Å². The van der Waals surface area contributed by atoms with Gasteiger partial charge in [0.2, 0.25) is 0 Å². The van der Waals surface area contributed by atoms with Crippen molar-refractivity contribution >= 4 is 17.4 Å². The van der Waals surface area contributed by atoms with Gasteiger partial charge in [-0.3, -0.25) is 0 Å². The van der Waals surface area contributed by atoms with Crippen LogP contribution in [0.2, 0.25) is 0 Å². The molecule has 6 heteroatoms. The highest BCUT2D eigenvalue weighted by atomic mass is 32.1. The Morgan fingerprint density at radius 3 is 2.91 bits per heavy atom. The zero-order chi connectivity index (χ0) is 16.9. The Bertz CT molecular complexity index is 485. The van der Waals surface area contributed by atoms with E-state index in [1.54, 1.807) is 16.2 Å². The Balaban J connectivity index is 1.76. The van der Waals surface area contributed by atoms with E-state index in [1.165, 1.54) is 0 Å². The normalized spacial score (nSPS) is 20.9. The van der Waals surface area contributed by atoms with Gasteiger partial charge in [0.15, 0.2) is 0 Å². The first-order valence-electron chi connectivity index (χ1n) is 8.26. The minimum absolute atomic E-state index is 0.226. The van der Waals surface area contributed by atoms with Crippen LogP contribution in [0, 0.1) is 0 Å². The molecule has 0 unspecified atom stereocenters. The highest BCUT2D eigenvalue weighted by Crippen LogP contribution is 2.18. The molecule has 2 N–H and O–H groups in total. The monoisotopic (exact) mass is 340 g/mol. The fourth-order valence-corrected chi connectivity index (χ4v) is 3.38. The van der Waals surface area contributed by atoms with E-state index < -0.39 is 11.7 Å². The molecule has 1 aromatic heterocycles. The number of hydrogen-bond acceptors (Lipinski definition) is 5. The van der Waals surface area contributed by atoms with Crippen LogP contribution in [-0.4, -0.2) is 47.4 Å². The van der Waals surface area contributed by atoms with Gasteiger partial charge in [-0.15, -0.1) is 0 Å². The van der Waals surface area contributed by atoms with Crippen LogP contribution in [0.4, 0.5) is 4.79 Å². The first-order chi connectivity index (χ1) is 10.8. The average molecular weight is 340 g/mol. The van der Waals surface area contributed by atoms with E-state index in [-0.39, 0.29) is 6.09 Å². The van der Waals surface area contributed by atoms with Gasteiger partial charge in [0.25, 0.3) is 0 Å². The maximum Gasteiger partial charge on any atom is 0.410 e. The largest absolute Gasteiger partial charge is 0.444 e. The lowest BCUT2D eigenvalue weighted by Crippen LogP contribution is -2.38. The topological polar surface area (TPSA) is 61.8 Å². The summed E-state index contributed by atoms with van der Waals surface area (Å²) in [5, 5.41) is 17.5. The van der Waals surface area contributed by atoms with E-state index >= 15 is 0 Å². The van der Waals surface area contributed by atoms with Crippen LogP contribution in [0.3, 0.4) is 0 Å². The van der Waals surface area contributed by atoms with E-state index in [4.69, 9.17) is 4.74 Å². The Morgan fingerprint density at radius 2 is 2.26 bits per heavy atom. The lowest BCUT2D eigenvalue weighted by atomic mass is 10.1. The number of ether oxygens (including phenoxy) is 1. The second-order valence-corrected chi connectivity index (χ2v) is 7.86. The van der Waals surface area contributed by atoms with Gasteiger partial charge in [-0.25, -0.2) is 4.79 Å². The number of carbonyl (C=O) groups excluding carboxylic acids is 1. The maximum atomic E-state index is 12.1. The van der Waals surface area contributed by atoms with Gasteiger partial charge >= 0.3 is 6.09 Å². The van der Waals surface area contributed by atoms with E-state index in [2.05, 4.69) is 5.32 Å². The summed E-state index contributed by atoms with van der Waals surface area (Å²) in [4.78, 5) is 13.9. The van der Waals surface area contributed by atoms with Gasteiger partial charge in [0.1, 0.15) is 5.60 Å². The fourth-order valence-electron chi connectivity index (χ4n) is 2.67. The average Bonchev–Trinajstić information content (AvgIpc) is 2.89. The van der Waals surface area contributed by atoms with Crippen LogP contribution < -0.4 is 5.32 Å². The lowest BCUT2D eigenvalue weighted by molar-refractivity contribution is 0.0255. The minimum Gasteiger partial charge on any atom is -0.444 e. The molecule has 130 valence electrons. The highest BCUT2D eigenvalue weighted by molar-refractivity contribution is 7.07. The Hall–Kier alpha value is -1.11. The van der Waals surface area contributed by atoms with Crippen LogP contribution >= 0.6 is 11.3 Å². The molecule has 5 nitrogen and oxygen atoms in total. The van der Waals surface area contributed by atoms with Crippen molar-refractivity contribution in [3.8, 4) is 0 Å². The molecule has 1 amide bonds. The van der Waals surface area contributed by atoms with Crippen molar-refractivity contribution in [2.45, 2.75) is 57.8 Å². The quantitative estimate of drug-likeness (QED) is 0.884. The molecule has 1 saturated heterocycles. The maximum absolute atomic E-state index is 12.1. The lowest BCUT2D eigenvalue weighted by Gasteiger charge is -2.26. The number of amides is 1. The number of carbonyl (C=O) groups is 1. The third kappa shape index (κ3) is 6.12. The number of thiophene rings is 1. The summed E-state index contributed by atoms with van der Waals surface area (Å²) in [5.74, 6) is 0. The molecule has 0 saturated carbocycles. The fraction of sp³-hybridized carbons (Fsp3) is 0.706. The first kappa shape index (κ1) is 18.2. The zero-order valence-corrected chi connectivity index (χ0v) is 15.1. The summed E-state index contributed by atoms with van der Waals surface area (Å²) in [6.07, 6.45) is 2.15. The third-order valence-electron chi connectivity index (χ3n) is 3.91. The number of aliphatic hydroxyl groups is 1. The third-order valence-corrected chi connectivity index (χ3v) is 4.61. The Labute approximate surface area is 142 Å². The van der Waals surface area contributed by atoms with E-state index in [9.17, 15) is 9.90 Å². The van der Waals surface area contributed by atoms with Crippen molar-refractivity contribution in [2.24, 2.45) is 0 Å². The Kier molecular flexibility index (Phi) is 6.44. The second-order valence-electron chi connectivity index (χ2n) is 7.08. The van der Waals surface area contributed by atoms with Crippen LogP contribution in [-0.2, 0) is 4.74 Å². The molecule has 2 heterocycles. The van der Waals surface area contributed by atoms with Gasteiger partial charge in [-0.2, -0.15) is 11.3 Å². The zero-order valence-electron chi connectivity index (χ0n) is 14.2. The standard InChI is InChI=1S/C17H28N2O3S/c1-17(2,3)22-16(21)19-8-4-5-14(6-9-19)18-11-15(20)13-7-10-23-12-13/h7,10,12,14-15,18,20H,4-6,8-9,11H2,1-3H3/t14-,15+/m0/s1. The summed E-state index contributed by atoms with van der Waals surface area (Å²) >= 11 is 1.59. The van der Waals surface area contributed by atoms with Crippen molar-refractivity contribution in [1.82, 2.24) is 10.2 Å². The summed E-state index contributed by atoms with van der Waals surface area (Å²) < 4.78 is 5.44. The van der Waals surface area contributed by atoms with Crippen molar-refractivity contribution in [3.63, 3.8) is 0 Å². The molecule has 0 aromatic carbocycles. The predicted octanol–water partition coefficient (Wildman–Crippen LogP) is 3.16. The van der Waals surface area contributed by atoms with Gasteiger partial charge < -0.3 is 20.1 Å². The first-order valence-corrected chi connectivity index (χ1v) is 9.21. The molecule has 2 atom stereocenters. The molecule has 0 aliphatic carbocycles. The van der Waals surface area contributed by atoms with Crippen molar-refractivity contribution in [1.29, 1.82) is 0 Å². The van der Waals surface area contributed by atoms with E-state index in [0.717, 1.165) is 31.4 Å². The van der Waals surface area contributed by atoms with Gasteiger partial charge in [0, 0.05) is 25.7 Å². The second kappa shape index (κ2) is 8.13. The van der Waals surface area contributed by atoms with Crippen LogP contribution in [0.5, 0.6) is 0 Å². The minimum atomic E-state index is -0.466. The molecule has 23 heavy (non-hydrogen) atoms. The van der Waals surface area contributed by atoms with Crippen LogP contribution in [0.25, 0.3) is 0 Å². The molecule has 1 aromatic rings. The molecule has 1 aliphatic rings. The van der Waals surface area contributed by atoms with Crippen molar-refractivity contribution in [2.75, 3.05) is 19.6 Å². The molecule has 0 spiro atoms. The number of nitrogens with zero attached hydrogens (tertiary/aromatic N) is 1. The summed E-state index contributed by atoms with van der Waals surface area (Å²) in [6, 6.07) is 2.28. The number of likely N-dealkylation sites (tertiary alicyclic amines) is 1. The molecule has 0 bridgehead atoms. The summed E-state index contributed by atoms with van der Waals surface area (Å²) in [5.41, 5.74) is 0.512. The molecule has 1 aliphatic heterocycles. The van der Waals surface area contributed by atoms with Gasteiger partial charge in [-0.1, -0.05) is 0 Å². The van der Waals surface area contributed by atoms with Gasteiger partial charge in [0.05, 0.1) is 6.10 Å². The van der Waals surface area contributed by atoms with Crippen molar-refractivity contribution < 1.29 is 14.6 Å². The number of nitrogens with one attached hydrogen (secondary N) is 1. The molecular weight excluding hydrogens is 312 g/mol. The molecule has 2 rings (SSSR count). The number of rotatable bonds is 4. The SMILES string of the molecule is CC(C)(C)OC(=O)N1CCC[C@H](NC[C@@H](O)c2ccsc2)CC1. The molecular formula is C17H28N2O3S. The molecule has 1 fully saturated rings. The molecule has 0 radical (unpaired) electrons. The van der Waals surface area contributed by atoms with E-state index in [1.807, 2.05) is 37.6 Å². The van der Waals surface area contributed by atoms with Gasteiger partial charge in [-0.05, 0) is 62.4 Å². The smallest absolute Gasteiger partial charge is 0.410 e. The van der Waals surface area contributed by atoms with E-state index in [0.29, 0.717) is 19.1 Å². The highest BCUT2D eigenvalue weighted by Gasteiger charge is 2.25. The number of hydrogen-bond donors (Lipinski definition) is 2. The Morgan fingerprint density at radius 1 is 1.48 bits per heavy atom. The summed E-state index contributed by atoms with van der Waals surface area (Å²) in [7, 11) is 0. The van der Waals surface area contributed by atoms with Crippen LogP contribution in [0.15, 0.2) is 16.8 Å². The number of aliphatic hydroxyl groups excluding tert-OH is 1.